The molecule has 0 amide bonds. The van der Waals surface area contributed by atoms with Crippen LogP contribution >= 0.6 is 0 Å². The molecule has 22 heavy (non-hydrogen) atoms. The maximum Gasteiger partial charge on any atom is 0.317 e. The lowest BCUT2D eigenvalue weighted by Gasteiger charge is -2.27. The lowest BCUT2D eigenvalue weighted by molar-refractivity contribution is -0.148. The Morgan fingerprint density at radius 1 is 1.36 bits per heavy atom. The maximum atomic E-state index is 13.9. The summed E-state index contributed by atoms with van der Waals surface area (Å²) in [6, 6.07) is 4.60. The van der Waals surface area contributed by atoms with Crippen molar-refractivity contribution in [3.05, 3.63) is 46.9 Å². The van der Waals surface area contributed by atoms with E-state index in [4.69, 9.17) is 4.74 Å². The number of Topliss-reactive ketones (excluding diaryl/α,β-unsaturated/α-hetero) is 1. The fourth-order valence-corrected chi connectivity index (χ4v) is 3.07. The first-order valence-electron chi connectivity index (χ1n) is 7.06. The summed E-state index contributed by atoms with van der Waals surface area (Å²) in [6.07, 6.45) is 1.94. The number of carbonyl (C=O) groups is 2. The Morgan fingerprint density at radius 3 is 2.64 bits per heavy atom. The number of rotatable bonds is 3. The van der Waals surface area contributed by atoms with Gasteiger partial charge in [-0.3, -0.25) is 9.59 Å². The van der Waals surface area contributed by atoms with E-state index in [1.807, 2.05) is 14.1 Å². The van der Waals surface area contributed by atoms with Crippen molar-refractivity contribution in [3.8, 4) is 0 Å². The number of allylic oxidation sites excluding steroid dienone is 1. The van der Waals surface area contributed by atoms with Gasteiger partial charge < -0.3 is 9.64 Å². The van der Waals surface area contributed by atoms with E-state index < -0.39 is 17.2 Å². The SMILES string of the molecule is COC(=O)[C@]1(c2cccc(F)c2C)CC(=O)/C(=C/N(C)C)C1. The summed E-state index contributed by atoms with van der Waals surface area (Å²) in [5, 5.41) is 0. The van der Waals surface area contributed by atoms with Crippen LogP contribution < -0.4 is 0 Å². The molecule has 0 radical (unpaired) electrons. The van der Waals surface area contributed by atoms with Crippen LogP contribution in [0.4, 0.5) is 4.39 Å². The zero-order valence-corrected chi connectivity index (χ0v) is 13.3. The Labute approximate surface area is 129 Å². The van der Waals surface area contributed by atoms with Gasteiger partial charge in [0.05, 0.1) is 7.11 Å². The molecule has 118 valence electrons. The first-order chi connectivity index (χ1) is 10.3. The molecule has 1 fully saturated rings. The lowest BCUT2D eigenvalue weighted by Crippen LogP contribution is -2.35. The summed E-state index contributed by atoms with van der Waals surface area (Å²) in [7, 11) is 4.91. The van der Waals surface area contributed by atoms with E-state index in [0.717, 1.165) is 0 Å². The summed E-state index contributed by atoms with van der Waals surface area (Å²) >= 11 is 0. The van der Waals surface area contributed by atoms with Gasteiger partial charge in [0, 0.05) is 32.3 Å². The minimum Gasteiger partial charge on any atom is -0.468 e. The average Bonchev–Trinajstić information content (AvgIpc) is 2.78. The van der Waals surface area contributed by atoms with Gasteiger partial charge in [-0.25, -0.2) is 4.39 Å². The molecule has 0 bridgehead atoms. The minimum absolute atomic E-state index is 0.00361. The molecule has 1 aromatic rings. The molecule has 1 aliphatic rings. The monoisotopic (exact) mass is 305 g/mol. The second-order valence-electron chi connectivity index (χ2n) is 5.88. The van der Waals surface area contributed by atoms with Crippen molar-refractivity contribution >= 4 is 11.8 Å². The van der Waals surface area contributed by atoms with E-state index in [2.05, 4.69) is 0 Å². The van der Waals surface area contributed by atoms with Crippen molar-refractivity contribution in [3.63, 3.8) is 0 Å². The van der Waals surface area contributed by atoms with Crippen molar-refractivity contribution in [2.24, 2.45) is 0 Å². The predicted octanol–water partition coefficient (Wildman–Crippen LogP) is 2.35. The summed E-state index contributed by atoms with van der Waals surface area (Å²) in [5.41, 5.74) is 0.320. The third-order valence-corrected chi connectivity index (χ3v) is 4.09. The number of hydrogen-bond acceptors (Lipinski definition) is 4. The van der Waals surface area contributed by atoms with Crippen molar-refractivity contribution in [2.75, 3.05) is 21.2 Å². The van der Waals surface area contributed by atoms with Gasteiger partial charge in [0.1, 0.15) is 11.2 Å². The number of methoxy groups -OCH3 is 1. The fraction of sp³-hybridized carbons (Fsp3) is 0.412. The minimum atomic E-state index is -1.14. The molecule has 2 rings (SSSR count). The van der Waals surface area contributed by atoms with Crippen LogP contribution in [-0.4, -0.2) is 37.9 Å². The molecule has 5 heteroatoms. The number of nitrogens with zero attached hydrogens (tertiary/aromatic N) is 1. The number of ketones is 1. The first kappa shape index (κ1) is 16.2. The summed E-state index contributed by atoms with van der Waals surface area (Å²) in [4.78, 5) is 26.5. The van der Waals surface area contributed by atoms with Crippen LogP contribution in [0, 0.1) is 12.7 Å². The Morgan fingerprint density at radius 2 is 2.05 bits per heavy atom. The van der Waals surface area contributed by atoms with Gasteiger partial charge >= 0.3 is 5.97 Å². The molecule has 0 unspecified atom stereocenters. The quantitative estimate of drug-likeness (QED) is 0.635. The molecule has 4 nitrogen and oxygen atoms in total. The number of hydrogen-bond donors (Lipinski definition) is 0. The largest absolute Gasteiger partial charge is 0.468 e. The third kappa shape index (κ3) is 2.63. The van der Waals surface area contributed by atoms with E-state index in [9.17, 15) is 14.0 Å². The molecule has 0 heterocycles. The molecule has 1 aliphatic carbocycles. The molecule has 0 saturated heterocycles. The highest BCUT2D eigenvalue weighted by Crippen LogP contribution is 2.44. The van der Waals surface area contributed by atoms with Crippen molar-refractivity contribution in [1.82, 2.24) is 4.90 Å². The Hall–Kier alpha value is -2.17. The highest BCUT2D eigenvalue weighted by Gasteiger charge is 2.50. The average molecular weight is 305 g/mol. The fourth-order valence-electron chi connectivity index (χ4n) is 3.07. The maximum absolute atomic E-state index is 13.9. The molecular formula is C17H20FNO3. The molecular weight excluding hydrogens is 285 g/mol. The van der Waals surface area contributed by atoms with Gasteiger partial charge in [0.25, 0.3) is 0 Å². The van der Waals surface area contributed by atoms with E-state index in [0.29, 0.717) is 16.7 Å². The van der Waals surface area contributed by atoms with Gasteiger partial charge in [-0.15, -0.1) is 0 Å². The van der Waals surface area contributed by atoms with E-state index in [-0.39, 0.29) is 18.6 Å². The molecule has 1 aromatic carbocycles. The van der Waals surface area contributed by atoms with E-state index >= 15 is 0 Å². The third-order valence-electron chi connectivity index (χ3n) is 4.09. The van der Waals surface area contributed by atoms with Crippen LogP contribution in [0.15, 0.2) is 30.0 Å². The van der Waals surface area contributed by atoms with Gasteiger partial charge in [-0.1, -0.05) is 12.1 Å². The van der Waals surface area contributed by atoms with Crippen LogP contribution in [0.25, 0.3) is 0 Å². The van der Waals surface area contributed by atoms with Crippen molar-refractivity contribution < 1.29 is 18.7 Å². The van der Waals surface area contributed by atoms with E-state index in [1.54, 1.807) is 30.2 Å². The molecule has 0 aromatic heterocycles. The highest BCUT2D eigenvalue weighted by atomic mass is 19.1. The number of esters is 1. The van der Waals surface area contributed by atoms with Crippen molar-refractivity contribution in [1.29, 1.82) is 0 Å². The Balaban J connectivity index is 2.60. The number of carbonyl (C=O) groups excluding carboxylic acids is 2. The lowest BCUT2D eigenvalue weighted by atomic mass is 9.76. The molecule has 0 N–H and O–H groups in total. The van der Waals surface area contributed by atoms with Gasteiger partial charge in [0.15, 0.2) is 5.78 Å². The predicted molar refractivity (Wildman–Crippen MR) is 80.8 cm³/mol. The van der Waals surface area contributed by atoms with Gasteiger partial charge in [-0.05, 0) is 30.5 Å². The van der Waals surface area contributed by atoms with Crippen LogP contribution in [0.5, 0.6) is 0 Å². The second-order valence-corrected chi connectivity index (χ2v) is 5.88. The zero-order chi connectivity index (χ0) is 16.5. The molecule has 1 atom stereocenters. The standard InChI is InChI=1S/C17H20FNO3/c1-11-13(6-5-7-14(11)18)17(16(21)22-4)8-12(10-19(2)3)15(20)9-17/h5-7,10H,8-9H2,1-4H3/b12-10+/t17-/m0/s1. The van der Waals surface area contributed by atoms with Crippen LogP contribution in [0.1, 0.15) is 24.0 Å². The Kier molecular flexibility index (Phi) is 4.35. The van der Waals surface area contributed by atoms with Crippen LogP contribution in [0.3, 0.4) is 0 Å². The van der Waals surface area contributed by atoms with Crippen LogP contribution in [-0.2, 0) is 19.7 Å². The number of benzene rings is 1. The smallest absolute Gasteiger partial charge is 0.317 e. The zero-order valence-electron chi connectivity index (χ0n) is 13.3. The van der Waals surface area contributed by atoms with E-state index in [1.165, 1.54) is 13.2 Å². The summed E-state index contributed by atoms with van der Waals surface area (Å²) < 4.78 is 18.8. The summed E-state index contributed by atoms with van der Waals surface area (Å²) in [6.45, 7) is 1.62. The van der Waals surface area contributed by atoms with Gasteiger partial charge in [0.2, 0.25) is 0 Å². The number of halogens is 1. The summed E-state index contributed by atoms with van der Waals surface area (Å²) in [5.74, 6) is -1.00. The topological polar surface area (TPSA) is 46.6 Å². The highest BCUT2D eigenvalue weighted by molar-refractivity contribution is 6.05. The van der Waals surface area contributed by atoms with Crippen LogP contribution in [0.2, 0.25) is 0 Å². The van der Waals surface area contributed by atoms with Crippen molar-refractivity contribution in [2.45, 2.75) is 25.2 Å². The molecule has 0 spiro atoms. The van der Waals surface area contributed by atoms with Gasteiger partial charge in [-0.2, -0.15) is 0 Å². The number of ether oxygens (including phenoxy) is 1. The normalized spacial score (nSPS) is 23.0. The molecule has 1 saturated carbocycles. The molecule has 0 aliphatic heterocycles. The Bertz CT molecular complexity index is 651. The second kappa shape index (κ2) is 5.91. The first-order valence-corrected chi connectivity index (χ1v) is 7.06.